The first-order valence-electron chi connectivity index (χ1n) is 9.71. The molecular weight excluding hydrogens is 430 g/mol. The molecule has 0 unspecified atom stereocenters. The number of aromatic hydroxyl groups is 1. The van der Waals surface area contributed by atoms with Crippen LogP contribution >= 0.6 is 11.6 Å². The van der Waals surface area contributed by atoms with Gasteiger partial charge >= 0.3 is 0 Å². The molecule has 2 N–H and O–H groups in total. The van der Waals surface area contributed by atoms with Crippen molar-refractivity contribution in [1.29, 1.82) is 0 Å². The smallest absolute Gasteiger partial charge is 0.283 e. The summed E-state index contributed by atoms with van der Waals surface area (Å²) in [7, 11) is 0. The van der Waals surface area contributed by atoms with Crippen LogP contribution in [0.25, 0.3) is 10.9 Å². The molecule has 2 heterocycles. The number of nitrogens with one attached hydrogen (secondary N) is 1. The maximum atomic E-state index is 12.1. The van der Waals surface area contributed by atoms with Crippen LogP contribution in [0, 0.1) is 0 Å². The fourth-order valence-electron chi connectivity index (χ4n) is 3.22. The number of para-hydroxylation sites is 1. The van der Waals surface area contributed by atoms with Gasteiger partial charge in [-0.15, -0.1) is 10.2 Å². The molecule has 0 aliphatic carbocycles. The highest BCUT2D eigenvalue weighted by molar-refractivity contribution is 6.31. The quantitative estimate of drug-likeness (QED) is 0.424. The van der Waals surface area contributed by atoms with E-state index in [1.54, 1.807) is 41.1 Å². The van der Waals surface area contributed by atoms with Gasteiger partial charge < -0.3 is 15.0 Å². The van der Waals surface area contributed by atoms with E-state index < -0.39 is 11.8 Å². The summed E-state index contributed by atoms with van der Waals surface area (Å²) in [6.45, 7) is -0.0209. The number of amides is 2. The van der Waals surface area contributed by atoms with Crippen molar-refractivity contribution < 1.29 is 14.7 Å². The molecule has 2 aromatic heterocycles. The lowest BCUT2D eigenvalue weighted by atomic mass is 10.2. The van der Waals surface area contributed by atoms with Gasteiger partial charge in [-0.25, -0.2) is 0 Å². The van der Waals surface area contributed by atoms with Crippen LogP contribution in [0.3, 0.4) is 0 Å². The minimum absolute atomic E-state index is 0.137. The lowest BCUT2D eigenvalue weighted by molar-refractivity contribution is -0.117. The van der Waals surface area contributed by atoms with Crippen molar-refractivity contribution in [3.63, 3.8) is 0 Å². The predicted molar refractivity (Wildman–Crippen MR) is 120 cm³/mol. The highest BCUT2D eigenvalue weighted by Crippen LogP contribution is 2.39. The molecule has 0 aliphatic heterocycles. The van der Waals surface area contributed by atoms with Gasteiger partial charge in [0.1, 0.15) is 6.54 Å². The van der Waals surface area contributed by atoms with Gasteiger partial charge in [0.15, 0.2) is 5.69 Å². The summed E-state index contributed by atoms with van der Waals surface area (Å²) in [5.41, 5.74) is 2.04. The normalized spacial score (nSPS) is 11.2. The Hall–Kier alpha value is -4.04. The van der Waals surface area contributed by atoms with E-state index in [1.807, 2.05) is 30.3 Å². The molecule has 0 saturated carbocycles. The lowest BCUT2D eigenvalue weighted by Gasteiger charge is -2.08. The molecule has 9 heteroatoms. The molecule has 8 nitrogen and oxygen atoms in total. The fraction of sp³-hybridized carbons (Fsp3) is 0.0870. The van der Waals surface area contributed by atoms with Crippen LogP contribution in [0.5, 0.6) is 5.88 Å². The van der Waals surface area contributed by atoms with E-state index in [4.69, 9.17) is 11.6 Å². The first-order chi connectivity index (χ1) is 15.5. The molecule has 0 radical (unpaired) electrons. The van der Waals surface area contributed by atoms with Crippen molar-refractivity contribution in [3.8, 4) is 5.88 Å². The zero-order chi connectivity index (χ0) is 22.5. The maximum absolute atomic E-state index is 12.1. The van der Waals surface area contributed by atoms with Crippen molar-refractivity contribution in [1.82, 2.24) is 14.9 Å². The van der Waals surface area contributed by atoms with Gasteiger partial charge in [0.2, 0.25) is 5.88 Å². The number of hydrogen-bond donors (Lipinski definition) is 2. The zero-order valence-electron chi connectivity index (χ0n) is 16.8. The molecule has 32 heavy (non-hydrogen) atoms. The summed E-state index contributed by atoms with van der Waals surface area (Å²) in [6, 6.07) is 17.8. The average Bonchev–Trinajstić information content (AvgIpc) is 3.09. The highest BCUT2D eigenvalue weighted by atomic mass is 35.5. The monoisotopic (exact) mass is 447 g/mol. The van der Waals surface area contributed by atoms with E-state index in [9.17, 15) is 14.7 Å². The van der Waals surface area contributed by atoms with Crippen LogP contribution < -0.4 is 5.32 Å². The Balaban J connectivity index is 1.54. The van der Waals surface area contributed by atoms with Gasteiger partial charge in [0.05, 0.1) is 17.6 Å². The molecular formula is C23H18ClN5O3. The molecule has 0 atom stereocenters. The Labute approximate surface area is 188 Å². The third-order valence-corrected chi connectivity index (χ3v) is 5.16. The fourth-order valence-corrected chi connectivity index (χ4v) is 3.42. The number of benzene rings is 2. The Kier molecular flexibility index (Phi) is 6.23. The van der Waals surface area contributed by atoms with Gasteiger partial charge in [-0.1, -0.05) is 48.0 Å². The van der Waals surface area contributed by atoms with E-state index >= 15 is 0 Å². The Morgan fingerprint density at radius 1 is 1.06 bits per heavy atom. The molecule has 0 fully saturated rings. The summed E-state index contributed by atoms with van der Waals surface area (Å²) in [4.78, 5) is 28.0. The van der Waals surface area contributed by atoms with E-state index in [2.05, 4.69) is 20.5 Å². The number of nitrogens with zero attached hydrogens (tertiary/aromatic N) is 4. The van der Waals surface area contributed by atoms with Crippen LogP contribution in [-0.4, -0.2) is 33.0 Å². The molecule has 160 valence electrons. The summed E-state index contributed by atoms with van der Waals surface area (Å²) in [5.74, 6) is -1.24. The van der Waals surface area contributed by atoms with Crippen LogP contribution in [0.1, 0.15) is 15.9 Å². The van der Waals surface area contributed by atoms with E-state index in [0.717, 1.165) is 11.1 Å². The van der Waals surface area contributed by atoms with Crippen molar-refractivity contribution in [2.45, 2.75) is 6.54 Å². The number of pyridine rings is 1. The van der Waals surface area contributed by atoms with Crippen molar-refractivity contribution in [2.75, 3.05) is 6.54 Å². The van der Waals surface area contributed by atoms with Crippen LogP contribution in [0.15, 0.2) is 83.3 Å². The van der Waals surface area contributed by atoms with Crippen LogP contribution in [0.4, 0.5) is 5.69 Å². The minimum Gasteiger partial charge on any atom is -0.493 e. The molecule has 4 aromatic rings. The first-order valence-corrected chi connectivity index (χ1v) is 10.1. The average molecular weight is 448 g/mol. The maximum Gasteiger partial charge on any atom is 0.283 e. The van der Waals surface area contributed by atoms with Crippen molar-refractivity contribution >= 4 is 40.0 Å². The molecule has 2 amide bonds. The minimum atomic E-state index is -0.662. The third-order valence-electron chi connectivity index (χ3n) is 4.79. The van der Waals surface area contributed by atoms with E-state index in [1.165, 1.54) is 6.20 Å². The number of carbonyl (C=O) groups is 2. The summed E-state index contributed by atoms with van der Waals surface area (Å²) in [6.07, 6.45) is 2.94. The number of fused-ring (bicyclic) bond motifs is 1. The standard InChI is InChI=1S/C23H18ClN5O3/c24-18-9-3-1-6-16(18)14-29-19-10-4-2-8-17(19)21(23(29)32)28-27-20(30)13-26-22(31)15-7-5-11-25-12-15/h1-12,32H,13-14H2,(H,26,31). The number of hydrogen-bond acceptors (Lipinski definition) is 5. The van der Waals surface area contributed by atoms with Crippen molar-refractivity contribution in [3.05, 3.63) is 89.2 Å². The third kappa shape index (κ3) is 4.50. The van der Waals surface area contributed by atoms with Gasteiger partial charge in [0, 0.05) is 22.8 Å². The lowest BCUT2D eigenvalue weighted by Crippen LogP contribution is -2.28. The molecule has 4 rings (SSSR count). The highest BCUT2D eigenvalue weighted by Gasteiger charge is 2.18. The van der Waals surface area contributed by atoms with Crippen molar-refractivity contribution in [2.24, 2.45) is 10.2 Å². The number of azo groups is 1. The molecule has 0 aliphatic rings. The second-order valence-corrected chi connectivity index (χ2v) is 7.29. The zero-order valence-corrected chi connectivity index (χ0v) is 17.5. The van der Waals surface area contributed by atoms with Crippen LogP contribution in [-0.2, 0) is 11.3 Å². The Bertz CT molecular complexity index is 1320. The number of aromatic nitrogens is 2. The van der Waals surface area contributed by atoms with Gasteiger partial charge in [-0.05, 0) is 29.8 Å². The molecule has 0 saturated heterocycles. The topological polar surface area (TPSA) is 109 Å². The number of halogens is 1. The molecule has 0 bridgehead atoms. The van der Waals surface area contributed by atoms with Gasteiger partial charge in [-0.2, -0.15) is 0 Å². The number of carbonyl (C=O) groups excluding carboxylic acids is 2. The van der Waals surface area contributed by atoms with E-state index in [-0.39, 0.29) is 18.1 Å². The summed E-state index contributed by atoms with van der Waals surface area (Å²) < 4.78 is 1.65. The first kappa shape index (κ1) is 21.2. The molecule has 0 spiro atoms. The Morgan fingerprint density at radius 3 is 2.62 bits per heavy atom. The van der Waals surface area contributed by atoms with Crippen LogP contribution in [0.2, 0.25) is 5.02 Å². The SMILES string of the molecule is O=C(CNC(=O)c1cccnc1)N=Nc1c(O)n(Cc2ccccc2Cl)c2ccccc12. The number of rotatable bonds is 6. The second kappa shape index (κ2) is 9.40. The summed E-state index contributed by atoms with van der Waals surface area (Å²) >= 11 is 6.27. The second-order valence-electron chi connectivity index (χ2n) is 6.89. The predicted octanol–water partition coefficient (Wildman–Crippen LogP) is 4.48. The van der Waals surface area contributed by atoms with E-state index in [0.29, 0.717) is 22.5 Å². The largest absolute Gasteiger partial charge is 0.493 e. The summed E-state index contributed by atoms with van der Waals surface area (Å²) in [5, 5.41) is 22.1. The Morgan fingerprint density at radius 2 is 1.84 bits per heavy atom. The van der Waals surface area contributed by atoms with Gasteiger partial charge in [0.25, 0.3) is 11.8 Å². The molecule has 2 aromatic carbocycles. The van der Waals surface area contributed by atoms with Gasteiger partial charge in [-0.3, -0.25) is 14.6 Å².